The predicted molar refractivity (Wildman–Crippen MR) is 71.4 cm³/mol. The summed E-state index contributed by atoms with van der Waals surface area (Å²) in [6, 6.07) is 8.37. The Balaban J connectivity index is 2.07. The number of nitro groups is 1. The first-order chi connectivity index (χ1) is 9.66. The number of hydrogen-bond acceptors (Lipinski definition) is 5. The van der Waals surface area contributed by atoms with E-state index in [0.29, 0.717) is 31.9 Å². The standard InChI is InChI=1S/C13H15N3O4/c17-13(11-4-2-1-3-5-11)14-12(16(18)19)10-15-6-8-20-9-7-15/h1-5,10H,6-9H2,(H,14,17)/b12-10-. The molecule has 1 aliphatic rings. The van der Waals surface area contributed by atoms with Crippen molar-refractivity contribution >= 4 is 5.91 Å². The Kier molecular flexibility index (Phi) is 4.67. The van der Waals surface area contributed by atoms with Gasteiger partial charge in [-0.3, -0.25) is 0 Å². The highest BCUT2D eigenvalue weighted by Gasteiger charge is 2.19. The van der Waals surface area contributed by atoms with Crippen LogP contribution in [-0.4, -0.2) is 42.0 Å². The van der Waals surface area contributed by atoms with Crippen LogP contribution >= 0.6 is 0 Å². The molecule has 1 fully saturated rings. The molecule has 106 valence electrons. The Morgan fingerprint density at radius 2 is 1.95 bits per heavy atom. The molecule has 0 unspecified atom stereocenters. The summed E-state index contributed by atoms with van der Waals surface area (Å²) < 4.78 is 5.16. The highest BCUT2D eigenvalue weighted by molar-refractivity contribution is 5.94. The van der Waals surface area contributed by atoms with Gasteiger partial charge in [0.05, 0.1) is 25.0 Å². The summed E-state index contributed by atoms with van der Waals surface area (Å²) in [6.07, 6.45) is 1.35. The van der Waals surface area contributed by atoms with Crippen LogP contribution in [0.15, 0.2) is 42.4 Å². The topological polar surface area (TPSA) is 84.7 Å². The minimum Gasteiger partial charge on any atom is -0.378 e. The van der Waals surface area contributed by atoms with Gasteiger partial charge in [0.15, 0.2) is 0 Å². The zero-order valence-corrected chi connectivity index (χ0v) is 10.8. The lowest BCUT2D eigenvalue weighted by Crippen LogP contribution is -2.35. The Morgan fingerprint density at radius 1 is 1.30 bits per heavy atom. The minimum absolute atomic E-state index is 0.333. The second kappa shape index (κ2) is 6.67. The van der Waals surface area contributed by atoms with Gasteiger partial charge in [-0.25, -0.2) is 10.1 Å². The summed E-state index contributed by atoms with van der Waals surface area (Å²) in [4.78, 5) is 24.1. The summed E-state index contributed by atoms with van der Waals surface area (Å²) in [5.41, 5.74) is 0.377. The molecule has 1 aliphatic heterocycles. The van der Waals surface area contributed by atoms with Crippen molar-refractivity contribution in [1.29, 1.82) is 0 Å². The average Bonchev–Trinajstić information content (AvgIpc) is 2.48. The number of morpholine rings is 1. The normalized spacial score (nSPS) is 15.8. The Morgan fingerprint density at radius 3 is 2.55 bits per heavy atom. The van der Waals surface area contributed by atoms with Gasteiger partial charge in [0, 0.05) is 13.1 Å². The van der Waals surface area contributed by atoms with E-state index in [1.807, 2.05) is 0 Å². The number of nitrogens with one attached hydrogen (secondary N) is 1. The molecule has 0 aliphatic carbocycles. The Bertz CT molecular complexity index is 510. The number of carbonyl (C=O) groups is 1. The molecular formula is C13H15N3O4. The van der Waals surface area contributed by atoms with Crippen LogP contribution in [0, 0.1) is 10.1 Å². The van der Waals surface area contributed by atoms with Crippen LogP contribution in [0.2, 0.25) is 0 Å². The molecule has 20 heavy (non-hydrogen) atoms. The van der Waals surface area contributed by atoms with E-state index in [9.17, 15) is 14.9 Å². The molecule has 1 amide bonds. The molecule has 1 aromatic rings. The van der Waals surface area contributed by atoms with Gasteiger partial charge in [-0.15, -0.1) is 0 Å². The quantitative estimate of drug-likeness (QED) is 0.650. The predicted octanol–water partition coefficient (Wildman–Crippen LogP) is 0.824. The maximum Gasteiger partial charge on any atom is 0.339 e. The first-order valence-corrected chi connectivity index (χ1v) is 6.21. The third kappa shape index (κ3) is 3.79. The summed E-state index contributed by atoms with van der Waals surface area (Å²) in [7, 11) is 0. The lowest BCUT2D eigenvalue weighted by Gasteiger charge is -2.24. The summed E-state index contributed by atoms with van der Waals surface area (Å²) >= 11 is 0. The minimum atomic E-state index is -0.601. The van der Waals surface area contributed by atoms with Crippen molar-refractivity contribution in [2.24, 2.45) is 0 Å². The summed E-state index contributed by atoms with van der Waals surface area (Å²) in [6.45, 7) is 2.18. The molecule has 7 heteroatoms. The smallest absolute Gasteiger partial charge is 0.339 e. The molecule has 2 rings (SSSR count). The lowest BCUT2D eigenvalue weighted by atomic mass is 10.2. The number of carbonyl (C=O) groups excluding carboxylic acids is 1. The van der Waals surface area contributed by atoms with Crippen LogP contribution in [0.3, 0.4) is 0 Å². The van der Waals surface area contributed by atoms with Crippen molar-refractivity contribution in [2.75, 3.05) is 26.3 Å². The second-order valence-electron chi connectivity index (χ2n) is 4.24. The number of hydrogen-bond donors (Lipinski definition) is 1. The fourth-order valence-corrected chi connectivity index (χ4v) is 1.78. The van der Waals surface area contributed by atoms with Gasteiger partial charge in [0.2, 0.25) is 0 Å². The largest absolute Gasteiger partial charge is 0.378 e. The highest BCUT2D eigenvalue weighted by atomic mass is 16.6. The maximum absolute atomic E-state index is 11.9. The lowest BCUT2D eigenvalue weighted by molar-refractivity contribution is -0.431. The molecular weight excluding hydrogens is 262 g/mol. The van der Waals surface area contributed by atoms with Gasteiger partial charge >= 0.3 is 11.7 Å². The number of amides is 1. The molecule has 0 saturated carbocycles. The molecule has 1 heterocycles. The number of ether oxygens (including phenoxy) is 1. The molecule has 1 saturated heterocycles. The van der Waals surface area contributed by atoms with Crippen molar-refractivity contribution in [1.82, 2.24) is 10.2 Å². The van der Waals surface area contributed by atoms with E-state index in [1.54, 1.807) is 35.2 Å². The highest BCUT2D eigenvalue weighted by Crippen LogP contribution is 2.04. The Labute approximate surface area is 116 Å². The zero-order valence-electron chi connectivity index (χ0n) is 10.8. The van der Waals surface area contributed by atoms with Gasteiger partial charge in [-0.1, -0.05) is 18.2 Å². The van der Waals surface area contributed by atoms with Crippen molar-refractivity contribution in [2.45, 2.75) is 0 Å². The molecule has 1 aromatic carbocycles. The van der Waals surface area contributed by atoms with Crippen molar-refractivity contribution in [3.8, 4) is 0 Å². The second-order valence-corrected chi connectivity index (χ2v) is 4.24. The Hall–Kier alpha value is -2.41. The third-order valence-corrected chi connectivity index (χ3v) is 2.82. The van der Waals surface area contributed by atoms with E-state index in [4.69, 9.17) is 4.74 Å². The van der Waals surface area contributed by atoms with E-state index < -0.39 is 10.8 Å². The zero-order chi connectivity index (χ0) is 14.4. The number of nitrogens with zero attached hydrogens (tertiary/aromatic N) is 2. The number of rotatable bonds is 4. The third-order valence-electron chi connectivity index (χ3n) is 2.82. The average molecular weight is 277 g/mol. The van der Waals surface area contributed by atoms with Crippen molar-refractivity contribution in [3.05, 3.63) is 58.0 Å². The van der Waals surface area contributed by atoms with Crippen LogP contribution in [0.4, 0.5) is 0 Å². The van der Waals surface area contributed by atoms with E-state index in [2.05, 4.69) is 5.32 Å². The van der Waals surface area contributed by atoms with Crippen molar-refractivity contribution in [3.63, 3.8) is 0 Å². The monoisotopic (exact) mass is 277 g/mol. The van der Waals surface area contributed by atoms with Crippen LogP contribution in [0.5, 0.6) is 0 Å². The molecule has 0 spiro atoms. The van der Waals surface area contributed by atoms with Gasteiger partial charge in [-0.05, 0) is 17.1 Å². The molecule has 0 radical (unpaired) electrons. The molecule has 0 aromatic heterocycles. The van der Waals surface area contributed by atoms with Crippen LogP contribution in [0.1, 0.15) is 10.4 Å². The van der Waals surface area contributed by atoms with Gasteiger partial charge < -0.3 is 19.8 Å². The van der Waals surface area contributed by atoms with E-state index in [1.165, 1.54) is 6.20 Å². The number of benzene rings is 1. The maximum atomic E-state index is 11.9. The summed E-state index contributed by atoms with van der Waals surface area (Å²) in [5.74, 6) is -0.831. The summed E-state index contributed by atoms with van der Waals surface area (Å²) in [5, 5.41) is 13.3. The molecule has 0 bridgehead atoms. The van der Waals surface area contributed by atoms with Crippen LogP contribution < -0.4 is 5.32 Å². The molecule has 7 nitrogen and oxygen atoms in total. The van der Waals surface area contributed by atoms with E-state index in [0.717, 1.165) is 0 Å². The van der Waals surface area contributed by atoms with E-state index >= 15 is 0 Å². The van der Waals surface area contributed by atoms with Crippen LogP contribution in [0.25, 0.3) is 0 Å². The van der Waals surface area contributed by atoms with Gasteiger partial charge in [0.1, 0.15) is 0 Å². The van der Waals surface area contributed by atoms with Crippen molar-refractivity contribution < 1.29 is 14.5 Å². The SMILES string of the molecule is O=C(N/C(=C/N1CCOCC1)[N+](=O)[O-])c1ccccc1. The first kappa shape index (κ1) is 14.0. The first-order valence-electron chi connectivity index (χ1n) is 6.21. The van der Waals surface area contributed by atoms with Crippen LogP contribution in [-0.2, 0) is 4.74 Å². The fraction of sp³-hybridized carbons (Fsp3) is 0.308. The van der Waals surface area contributed by atoms with Gasteiger partial charge in [-0.2, -0.15) is 0 Å². The fourth-order valence-electron chi connectivity index (χ4n) is 1.78. The van der Waals surface area contributed by atoms with Gasteiger partial charge in [0.25, 0.3) is 0 Å². The molecule has 0 atom stereocenters. The molecule has 1 N–H and O–H groups in total. The van der Waals surface area contributed by atoms with E-state index in [-0.39, 0.29) is 5.82 Å².